The predicted octanol–water partition coefficient (Wildman–Crippen LogP) is 3.56. The molecule has 0 aromatic heterocycles. The number of hydrogen-bond donors (Lipinski definition) is 1. The number of carbonyl (C=O) groups excluding carboxylic acids is 1. The van der Waals surface area contributed by atoms with Crippen molar-refractivity contribution >= 4 is 40.1 Å². The van der Waals surface area contributed by atoms with E-state index in [0.29, 0.717) is 37.8 Å². The van der Waals surface area contributed by atoms with E-state index in [4.69, 9.17) is 16.6 Å². The van der Waals surface area contributed by atoms with Gasteiger partial charge in [0.25, 0.3) is 5.91 Å². The molecule has 0 radical (unpaired) electrons. The zero-order valence-electron chi connectivity index (χ0n) is 16.1. The van der Waals surface area contributed by atoms with Gasteiger partial charge in [-0.2, -0.15) is 0 Å². The Balaban J connectivity index is 1.58. The van der Waals surface area contributed by atoms with Gasteiger partial charge < -0.3 is 0 Å². The van der Waals surface area contributed by atoms with E-state index in [1.807, 2.05) is 42.5 Å². The Morgan fingerprint density at radius 1 is 1.03 bits per heavy atom. The topological polar surface area (TPSA) is 57.1 Å². The lowest BCUT2D eigenvalue weighted by Gasteiger charge is -2.34. The van der Waals surface area contributed by atoms with Gasteiger partial charge in [0.1, 0.15) is 11.5 Å². The number of hydrogen-bond acceptors (Lipinski definition) is 5. The van der Waals surface area contributed by atoms with Gasteiger partial charge in [-0.1, -0.05) is 78.0 Å². The standard InChI is InChI=1S/C23H16ClFN4OS/c24-17-10-4-2-8-15(17)21-26-19-12-6-3-9-16(19)20-22(30)27-23(28-29(20)21)31-13-14-7-1-5-11-18(14)25/h1-12,21H,13H2,(H,27,28,30)/t21-/m1/s1. The fourth-order valence-electron chi connectivity index (χ4n) is 3.54. The molecule has 0 bridgehead atoms. The molecule has 2 aliphatic rings. The molecule has 1 amide bonds. The third-order valence-electron chi connectivity index (χ3n) is 5.02. The minimum atomic E-state index is -0.589. The lowest BCUT2D eigenvalue weighted by molar-refractivity contribution is -0.116. The lowest BCUT2D eigenvalue weighted by atomic mass is 10.1. The Labute approximate surface area is 186 Å². The summed E-state index contributed by atoms with van der Waals surface area (Å²) in [6.07, 6.45) is -0.589. The predicted molar refractivity (Wildman–Crippen MR) is 120 cm³/mol. The summed E-state index contributed by atoms with van der Waals surface area (Å²) < 4.78 is 14.0. The highest BCUT2D eigenvalue weighted by Gasteiger charge is 2.35. The van der Waals surface area contributed by atoms with Crippen LogP contribution in [0.5, 0.6) is 0 Å². The van der Waals surface area contributed by atoms with Gasteiger partial charge in [0.05, 0.1) is 5.36 Å². The largest absolute Gasteiger partial charge is 0.298 e. The first-order valence-corrected chi connectivity index (χ1v) is 10.9. The molecule has 0 unspecified atom stereocenters. The molecule has 0 spiro atoms. The number of nitrogens with one attached hydrogen (secondary N) is 1. The molecule has 0 saturated heterocycles. The van der Waals surface area contributed by atoms with Crippen LogP contribution in [-0.2, 0) is 10.5 Å². The SMILES string of the molecule is O=C1NC(SCc2ccccc2F)=NN2C1=c1ccccc1=N[C@H]2c1ccccc1Cl. The Morgan fingerprint density at radius 2 is 1.77 bits per heavy atom. The van der Waals surface area contributed by atoms with Crippen molar-refractivity contribution in [1.29, 1.82) is 0 Å². The van der Waals surface area contributed by atoms with E-state index in [9.17, 15) is 9.18 Å². The highest BCUT2D eigenvalue weighted by molar-refractivity contribution is 8.13. The van der Waals surface area contributed by atoms with Gasteiger partial charge in [0, 0.05) is 21.6 Å². The van der Waals surface area contributed by atoms with Crippen molar-refractivity contribution in [1.82, 2.24) is 10.3 Å². The molecule has 154 valence electrons. The number of rotatable bonds is 3. The molecular weight excluding hydrogens is 435 g/mol. The third kappa shape index (κ3) is 3.71. The quantitative estimate of drug-likeness (QED) is 0.664. The van der Waals surface area contributed by atoms with Gasteiger partial charge in [-0.3, -0.25) is 15.1 Å². The molecule has 5 nitrogen and oxygen atoms in total. The zero-order valence-corrected chi connectivity index (χ0v) is 17.7. The van der Waals surface area contributed by atoms with Crippen LogP contribution < -0.4 is 15.9 Å². The Kier molecular flexibility index (Phi) is 5.21. The monoisotopic (exact) mass is 450 g/mol. The van der Waals surface area contributed by atoms with Gasteiger partial charge in [0.15, 0.2) is 11.3 Å². The number of para-hydroxylation sites is 1. The maximum atomic E-state index is 14.0. The summed E-state index contributed by atoms with van der Waals surface area (Å²) in [6.45, 7) is 0. The maximum absolute atomic E-state index is 14.0. The molecule has 8 heteroatoms. The highest BCUT2D eigenvalue weighted by atomic mass is 35.5. The van der Waals surface area contributed by atoms with E-state index >= 15 is 0 Å². The zero-order chi connectivity index (χ0) is 21.4. The van der Waals surface area contributed by atoms with Crippen LogP contribution in [0.3, 0.4) is 0 Å². The number of amides is 1. The van der Waals surface area contributed by atoms with Crippen molar-refractivity contribution < 1.29 is 9.18 Å². The number of nitrogens with zero attached hydrogens (tertiary/aromatic N) is 3. The van der Waals surface area contributed by atoms with Gasteiger partial charge in [0.2, 0.25) is 0 Å². The Morgan fingerprint density at radius 3 is 2.61 bits per heavy atom. The van der Waals surface area contributed by atoms with Crippen LogP contribution in [0.25, 0.3) is 5.70 Å². The number of thioether (sulfide) groups is 1. The minimum absolute atomic E-state index is 0.287. The molecule has 2 aliphatic heterocycles. The van der Waals surface area contributed by atoms with E-state index in [-0.39, 0.29) is 11.7 Å². The molecule has 1 atom stereocenters. The van der Waals surface area contributed by atoms with E-state index in [1.54, 1.807) is 29.3 Å². The average Bonchev–Trinajstić information content (AvgIpc) is 2.78. The van der Waals surface area contributed by atoms with Crippen LogP contribution in [0.1, 0.15) is 17.3 Å². The summed E-state index contributed by atoms with van der Waals surface area (Å²) in [7, 11) is 0. The van der Waals surface area contributed by atoms with Gasteiger partial charge in [-0.15, -0.1) is 5.10 Å². The first-order valence-electron chi connectivity index (χ1n) is 9.59. The third-order valence-corrected chi connectivity index (χ3v) is 6.28. The minimum Gasteiger partial charge on any atom is -0.298 e. The van der Waals surface area contributed by atoms with Gasteiger partial charge in [-0.05, 0) is 23.8 Å². The summed E-state index contributed by atoms with van der Waals surface area (Å²) in [5.41, 5.74) is 1.69. The molecular formula is C23H16ClFN4OS. The van der Waals surface area contributed by atoms with Crippen LogP contribution in [0.4, 0.5) is 4.39 Å². The Bertz CT molecular complexity index is 1340. The molecule has 3 aromatic rings. The summed E-state index contributed by atoms with van der Waals surface area (Å²) in [6, 6.07) is 21.4. The number of amidine groups is 1. The fourth-order valence-corrected chi connectivity index (χ4v) is 4.61. The summed E-state index contributed by atoms with van der Waals surface area (Å²) in [5.74, 6) is -0.245. The van der Waals surface area contributed by atoms with Crippen LogP contribution in [-0.4, -0.2) is 16.1 Å². The summed E-state index contributed by atoms with van der Waals surface area (Å²) in [4.78, 5) is 17.9. The van der Waals surface area contributed by atoms with Crippen LogP contribution in [0.15, 0.2) is 82.9 Å². The second-order valence-electron chi connectivity index (χ2n) is 6.97. The van der Waals surface area contributed by atoms with E-state index in [1.165, 1.54) is 17.8 Å². The van der Waals surface area contributed by atoms with E-state index in [0.717, 1.165) is 5.56 Å². The maximum Gasteiger partial charge on any atom is 0.276 e. The van der Waals surface area contributed by atoms with Crippen molar-refractivity contribution in [3.8, 4) is 0 Å². The van der Waals surface area contributed by atoms with E-state index in [2.05, 4.69) is 10.4 Å². The normalized spacial score (nSPS) is 17.3. The van der Waals surface area contributed by atoms with Crippen LogP contribution in [0.2, 0.25) is 5.02 Å². The molecule has 1 N–H and O–H groups in total. The van der Waals surface area contributed by atoms with Gasteiger partial charge >= 0.3 is 0 Å². The van der Waals surface area contributed by atoms with Crippen molar-refractivity contribution in [3.63, 3.8) is 0 Å². The Hall–Kier alpha value is -3.16. The van der Waals surface area contributed by atoms with Crippen LogP contribution in [0, 0.1) is 5.82 Å². The number of hydrazone groups is 1. The van der Waals surface area contributed by atoms with Gasteiger partial charge in [-0.25, -0.2) is 9.40 Å². The first-order chi connectivity index (χ1) is 15.1. The first kappa shape index (κ1) is 19.8. The fraction of sp³-hybridized carbons (Fsp3) is 0.0870. The van der Waals surface area contributed by atoms with Crippen LogP contribution >= 0.6 is 23.4 Å². The van der Waals surface area contributed by atoms with E-state index < -0.39 is 6.17 Å². The van der Waals surface area contributed by atoms with Crippen molar-refractivity contribution in [2.75, 3.05) is 0 Å². The second-order valence-corrected chi connectivity index (χ2v) is 8.35. The molecule has 2 heterocycles. The van der Waals surface area contributed by atoms with Crippen molar-refractivity contribution in [3.05, 3.63) is 105 Å². The molecule has 0 aliphatic carbocycles. The summed E-state index contributed by atoms with van der Waals surface area (Å²) in [5, 5.41) is 11.4. The molecule has 0 fully saturated rings. The number of fused-ring (bicyclic) bond motifs is 2. The molecule has 3 aromatic carbocycles. The molecule has 0 saturated carbocycles. The second kappa shape index (κ2) is 8.17. The average molecular weight is 451 g/mol. The smallest absolute Gasteiger partial charge is 0.276 e. The summed E-state index contributed by atoms with van der Waals surface area (Å²) >= 11 is 7.71. The number of halogens is 2. The lowest BCUT2D eigenvalue weighted by Crippen LogP contribution is -2.50. The number of benzene rings is 3. The molecule has 5 rings (SSSR count). The van der Waals surface area contributed by atoms with Crippen molar-refractivity contribution in [2.45, 2.75) is 11.9 Å². The number of carbonyl (C=O) groups is 1. The highest BCUT2D eigenvalue weighted by Crippen LogP contribution is 2.34. The van der Waals surface area contributed by atoms with Crippen molar-refractivity contribution in [2.24, 2.45) is 10.1 Å². The molecule has 31 heavy (non-hydrogen) atoms.